The second kappa shape index (κ2) is 21.8. The molecule has 0 saturated carbocycles. The Morgan fingerprint density at radius 2 is 1.50 bits per heavy atom. The van der Waals surface area contributed by atoms with Crippen molar-refractivity contribution in [3.05, 3.63) is 34.7 Å². The first-order valence-corrected chi connectivity index (χ1v) is 3.20. The van der Waals surface area contributed by atoms with Gasteiger partial charge in [-0.15, -0.1) is 10.7 Å². The molecule has 1 atom stereocenters. The number of benzene rings is 1. The quantitative estimate of drug-likeness (QED) is 0.173. The van der Waals surface area contributed by atoms with E-state index in [2.05, 4.69) is 0 Å². The van der Waals surface area contributed by atoms with Crippen molar-refractivity contribution in [1.29, 1.82) is 0 Å². The summed E-state index contributed by atoms with van der Waals surface area (Å²) < 4.78 is 0. The maximum atomic E-state index is 10.7. The van der Waals surface area contributed by atoms with E-state index in [1.807, 2.05) is 0 Å². The van der Waals surface area contributed by atoms with Crippen LogP contribution in [0.1, 0.15) is 11.9 Å². The van der Waals surface area contributed by atoms with Gasteiger partial charge in [0, 0.05) is 6.29 Å². The predicted octanol–water partition coefficient (Wildman–Crippen LogP) is -6.42. The summed E-state index contributed by atoms with van der Waals surface area (Å²) in [4.78, 5) is 8.11. The molecule has 1 unspecified atom stereocenters. The van der Waals surface area contributed by atoms with Gasteiger partial charge in [-0.05, 0) is 5.56 Å². The van der Waals surface area contributed by atoms with Gasteiger partial charge in [0.15, 0.2) is 5.34 Å². The molecule has 8 nitrogen and oxygen atoms in total. The van der Waals surface area contributed by atoms with Crippen molar-refractivity contribution in [3.8, 4) is 5.75 Å². The summed E-state index contributed by atoms with van der Waals surface area (Å²) in [5.74, 6) is -0.412. The van der Waals surface area contributed by atoms with E-state index in [9.17, 15) is 10.2 Å². The van der Waals surface area contributed by atoms with Gasteiger partial charge in [-0.1, -0.05) is 24.3 Å². The zero-order chi connectivity index (χ0) is 10.3. The zero-order valence-corrected chi connectivity index (χ0v) is 12.7. The summed E-state index contributed by atoms with van der Waals surface area (Å²) in [5.41, 5.74) is -0.0949. The van der Waals surface area contributed by atoms with Crippen LogP contribution in [0.15, 0.2) is 29.6 Å². The van der Waals surface area contributed by atoms with Gasteiger partial charge in [0.05, 0.1) is 0 Å². The minimum atomic E-state index is -1.91. The van der Waals surface area contributed by atoms with E-state index in [4.69, 9.17) is 15.2 Å². The van der Waals surface area contributed by atoms with Crippen LogP contribution in [0.5, 0.6) is 5.75 Å². The van der Waals surface area contributed by atoms with Crippen LogP contribution in [-0.4, -0.2) is 10.3 Å². The second-order valence-electron chi connectivity index (χ2n) is 1.97. The summed E-state index contributed by atoms with van der Waals surface area (Å²) in [6.07, 6.45) is -1.91. The van der Waals surface area contributed by atoms with Crippen molar-refractivity contribution in [2.75, 3.05) is 0 Å². The zero-order valence-electron chi connectivity index (χ0n) is 8.94. The van der Waals surface area contributed by atoms with Crippen LogP contribution < -0.4 is 47.3 Å². The van der Waals surface area contributed by atoms with Crippen molar-refractivity contribution in [2.45, 2.75) is 6.29 Å². The van der Waals surface area contributed by atoms with E-state index < -0.39 is 12.0 Å². The molecule has 0 amide bonds. The van der Waals surface area contributed by atoms with Crippen molar-refractivity contribution in [3.63, 3.8) is 0 Å². The van der Waals surface area contributed by atoms with Gasteiger partial charge in [0.2, 0.25) is 0 Å². The molecule has 1 rings (SSSR count). The first kappa shape index (κ1) is 36.0. The van der Waals surface area contributed by atoms with Crippen LogP contribution in [-0.2, 0) is 21.1 Å². The van der Waals surface area contributed by atoms with Crippen LogP contribution in [0.25, 0.3) is 0 Å². The molecule has 0 radical (unpaired) electrons. The van der Waals surface area contributed by atoms with Crippen LogP contribution in [0.2, 0.25) is 0 Å². The Kier molecular flexibility index (Phi) is 43.6. The van der Waals surface area contributed by atoms with Gasteiger partial charge in [-0.25, -0.2) is 0 Å². The largest absolute Gasteiger partial charge is 4.00 e. The smallest absolute Gasteiger partial charge is 1.00 e. The van der Waals surface area contributed by atoms with Gasteiger partial charge in [0.25, 0.3) is 0 Å². The van der Waals surface area contributed by atoms with E-state index in [0.29, 0.717) is 0 Å². The molecule has 1 aromatic carbocycles. The summed E-state index contributed by atoms with van der Waals surface area (Å²) >= 11 is 0. The maximum Gasteiger partial charge on any atom is 4.00 e. The number of rotatable bonds is 1. The van der Waals surface area contributed by atoms with Crippen molar-refractivity contribution in [1.82, 2.24) is 12.3 Å². The first-order valence-electron chi connectivity index (χ1n) is 3.20. The molecule has 0 aliphatic rings. The van der Waals surface area contributed by atoms with Gasteiger partial charge < -0.3 is 57.6 Å². The summed E-state index contributed by atoms with van der Waals surface area (Å²) in [7, 11) is 0. The van der Waals surface area contributed by atoms with Crippen molar-refractivity contribution < 1.29 is 66.4 Å². The van der Waals surface area contributed by atoms with Crippen LogP contribution in [0.4, 0.5) is 0 Å². The predicted molar refractivity (Wildman–Crippen MR) is 48.5 cm³/mol. The fourth-order valence-corrected chi connectivity index (χ4v) is 0.685. The van der Waals surface area contributed by atoms with Gasteiger partial charge >= 0.3 is 21.1 Å². The molecule has 0 fully saturated rings. The molecule has 0 saturated heterocycles. The Bertz CT molecular complexity index is 283. The van der Waals surface area contributed by atoms with Crippen molar-refractivity contribution in [2.24, 2.45) is 5.34 Å². The molecule has 8 N–H and O–H groups in total. The van der Waals surface area contributed by atoms with E-state index in [0.717, 1.165) is 0 Å². The summed E-state index contributed by atoms with van der Waals surface area (Å²) in [5, 5.41) is 37.3. The minimum Gasteiger partial charge on any atom is -1.00 e. The Labute approximate surface area is 131 Å². The number of nitrogens with zero attached hydrogens (tertiary/aromatic N) is 1. The third-order valence-corrected chi connectivity index (χ3v) is 1.19. The third-order valence-electron chi connectivity index (χ3n) is 1.19. The van der Waals surface area contributed by atoms with Gasteiger partial charge in [-0.3, -0.25) is 0 Å². The molecule has 0 aliphatic heterocycles. The molecule has 0 spiro atoms. The van der Waals surface area contributed by atoms with Crippen molar-refractivity contribution >= 4 is 0 Å². The molecule has 0 heterocycles. The standard InChI is InChI=1S/C7H7O3.2ClH.HNO2.2H3N.Pt/c8-6-4-2-1-3-5(6)7(9)10;;;2-1-3;;;/h1-4,7-9H;2*1H;(H,2,3);2*1H3;/q-1;;;;;;+4/p-3. The SMILES string of the molecule is N.N.O=NO.[Cl-].[Cl-].[O-]c1ccccc1C([O-])O.[Pt+4]. The van der Waals surface area contributed by atoms with E-state index >= 15 is 0 Å². The Balaban J connectivity index is -0.0000000415. The normalized spacial score (nSPS) is 7.89. The summed E-state index contributed by atoms with van der Waals surface area (Å²) in [6.45, 7) is 0. The van der Waals surface area contributed by atoms with Crippen LogP contribution in [0, 0.1) is 4.91 Å². The number of aliphatic hydroxyl groups is 1. The average Bonchev–Trinajstić information content (AvgIpc) is 2.06. The average molecular weight is 485 g/mol. The molecular formula is C7H13Cl2N3O5Pt. The number of hydrogen-bond donors (Lipinski definition) is 4. The van der Waals surface area contributed by atoms with E-state index in [1.54, 1.807) is 0 Å². The van der Waals surface area contributed by atoms with Gasteiger partial charge in [-0.2, -0.15) is 0 Å². The summed E-state index contributed by atoms with van der Waals surface area (Å²) in [6, 6.07) is 5.63. The molecule has 0 aliphatic carbocycles. The van der Waals surface area contributed by atoms with E-state index in [1.165, 1.54) is 29.6 Å². The second-order valence-corrected chi connectivity index (χ2v) is 1.97. The van der Waals surface area contributed by atoms with Gasteiger partial charge in [0.1, 0.15) is 0 Å². The fourth-order valence-electron chi connectivity index (χ4n) is 0.685. The molecule has 1 aromatic rings. The number of para-hydroxylation sites is 1. The fraction of sp³-hybridized carbons (Fsp3) is 0.143. The molecule has 11 heteroatoms. The Morgan fingerprint density at radius 1 is 1.17 bits per heavy atom. The Hall–Kier alpha value is -0.472. The number of hydrogen-bond acceptors (Lipinski definition) is 7. The van der Waals surface area contributed by atoms with Crippen LogP contribution in [0.3, 0.4) is 0 Å². The first-order chi connectivity index (χ1) is 6.13. The van der Waals surface area contributed by atoms with Crippen LogP contribution >= 0.6 is 0 Å². The monoisotopic (exact) mass is 484 g/mol. The topological polar surface area (TPSA) is 186 Å². The van der Waals surface area contributed by atoms with E-state index in [-0.39, 0.29) is 63.7 Å². The molecular weight excluding hydrogens is 472 g/mol. The molecule has 18 heavy (non-hydrogen) atoms. The number of aliphatic hydroxyl groups excluding tert-OH is 1. The molecule has 0 bridgehead atoms. The Morgan fingerprint density at radius 3 is 1.72 bits per heavy atom. The third kappa shape index (κ3) is 15.5. The maximum absolute atomic E-state index is 10.7. The molecule has 110 valence electrons. The molecule has 0 aromatic heterocycles. The minimum absolute atomic E-state index is 0. The number of halogens is 2.